The minimum Gasteiger partial charge on any atom is -0.348 e. The average Bonchev–Trinajstić information content (AvgIpc) is 2.61. The molecule has 0 amide bonds. The van der Waals surface area contributed by atoms with Gasteiger partial charge in [-0.25, -0.2) is 4.98 Å². The Kier molecular flexibility index (Phi) is 3.07. The van der Waals surface area contributed by atoms with Crippen LogP contribution < -0.4 is 5.32 Å². The molecule has 0 spiro atoms. The lowest BCUT2D eigenvalue weighted by atomic mass is 9.75. The number of nitrogens with one attached hydrogen (secondary N) is 2. The second-order valence-corrected chi connectivity index (χ2v) is 4.61. The fourth-order valence-electron chi connectivity index (χ4n) is 2.18. The number of hydrogen-bond acceptors (Lipinski definition) is 3. The quantitative estimate of drug-likeness (QED) is 0.758. The Labute approximate surface area is 91.1 Å². The van der Waals surface area contributed by atoms with Gasteiger partial charge in [0.1, 0.15) is 5.82 Å². The maximum Gasteiger partial charge on any atom is 0.120 e. The summed E-state index contributed by atoms with van der Waals surface area (Å²) >= 11 is 0. The number of imidazole rings is 1. The van der Waals surface area contributed by atoms with Gasteiger partial charge in [-0.3, -0.25) is 0 Å². The molecular weight excluding hydrogens is 188 g/mol. The molecule has 0 bridgehead atoms. The van der Waals surface area contributed by atoms with Gasteiger partial charge < -0.3 is 15.2 Å². The summed E-state index contributed by atoms with van der Waals surface area (Å²) in [6, 6.07) is 0. The standard InChI is InChI=1S/C11H20N4/c1-15(2)11(4-3-5-11)9-12-8-10-13-6-7-14-10/h6-7,12H,3-5,8-9H2,1-2H3,(H,13,14). The summed E-state index contributed by atoms with van der Waals surface area (Å²) in [5, 5.41) is 3.48. The van der Waals surface area contributed by atoms with Crippen molar-refractivity contribution in [2.75, 3.05) is 20.6 Å². The number of H-pyrrole nitrogens is 1. The lowest BCUT2D eigenvalue weighted by Gasteiger charge is -2.47. The molecule has 1 aliphatic rings. The fourth-order valence-corrected chi connectivity index (χ4v) is 2.18. The van der Waals surface area contributed by atoms with E-state index in [0.717, 1.165) is 18.9 Å². The van der Waals surface area contributed by atoms with Crippen LogP contribution in [0.3, 0.4) is 0 Å². The summed E-state index contributed by atoms with van der Waals surface area (Å²) in [4.78, 5) is 9.65. The molecule has 2 rings (SSSR count). The lowest BCUT2D eigenvalue weighted by Crippen LogP contribution is -2.56. The molecule has 0 saturated heterocycles. The van der Waals surface area contributed by atoms with E-state index in [1.54, 1.807) is 6.20 Å². The molecule has 4 heteroatoms. The number of likely N-dealkylation sites (N-methyl/N-ethyl adjacent to an activating group) is 1. The summed E-state index contributed by atoms with van der Waals surface area (Å²) in [5.41, 5.74) is 0.395. The van der Waals surface area contributed by atoms with Crippen LogP contribution in [0.25, 0.3) is 0 Å². The van der Waals surface area contributed by atoms with Crippen molar-refractivity contribution in [3.05, 3.63) is 18.2 Å². The smallest absolute Gasteiger partial charge is 0.120 e. The maximum atomic E-state index is 4.19. The minimum atomic E-state index is 0.395. The van der Waals surface area contributed by atoms with E-state index in [4.69, 9.17) is 0 Å². The first kappa shape index (κ1) is 10.6. The van der Waals surface area contributed by atoms with E-state index in [-0.39, 0.29) is 0 Å². The van der Waals surface area contributed by atoms with E-state index in [2.05, 4.69) is 34.3 Å². The third kappa shape index (κ3) is 2.21. The second-order valence-electron chi connectivity index (χ2n) is 4.61. The van der Waals surface area contributed by atoms with Gasteiger partial charge in [0.25, 0.3) is 0 Å². The van der Waals surface area contributed by atoms with Crippen molar-refractivity contribution in [1.82, 2.24) is 20.2 Å². The Hall–Kier alpha value is -0.870. The zero-order valence-corrected chi connectivity index (χ0v) is 9.58. The van der Waals surface area contributed by atoms with E-state index in [0.29, 0.717) is 5.54 Å². The Bertz CT molecular complexity index is 288. The Morgan fingerprint density at radius 1 is 1.53 bits per heavy atom. The van der Waals surface area contributed by atoms with Crippen molar-refractivity contribution in [1.29, 1.82) is 0 Å². The van der Waals surface area contributed by atoms with Gasteiger partial charge >= 0.3 is 0 Å². The average molecular weight is 208 g/mol. The van der Waals surface area contributed by atoms with E-state index >= 15 is 0 Å². The number of hydrogen-bond donors (Lipinski definition) is 2. The number of aromatic amines is 1. The van der Waals surface area contributed by atoms with E-state index < -0.39 is 0 Å². The van der Waals surface area contributed by atoms with Crippen molar-refractivity contribution < 1.29 is 0 Å². The molecule has 1 saturated carbocycles. The van der Waals surface area contributed by atoms with Crippen molar-refractivity contribution in [2.24, 2.45) is 0 Å². The molecule has 0 aliphatic heterocycles. The molecule has 0 aromatic carbocycles. The van der Waals surface area contributed by atoms with Crippen LogP contribution in [-0.4, -0.2) is 41.0 Å². The predicted octanol–water partition coefficient (Wildman–Crippen LogP) is 0.984. The summed E-state index contributed by atoms with van der Waals surface area (Å²) in [7, 11) is 4.35. The number of aromatic nitrogens is 2. The molecule has 1 heterocycles. The lowest BCUT2D eigenvalue weighted by molar-refractivity contribution is 0.0596. The monoisotopic (exact) mass is 208 g/mol. The van der Waals surface area contributed by atoms with Gasteiger partial charge in [-0.2, -0.15) is 0 Å². The third-order valence-corrected chi connectivity index (χ3v) is 3.53. The van der Waals surface area contributed by atoms with Gasteiger partial charge in [0.15, 0.2) is 0 Å². The topological polar surface area (TPSA) is 44.0 Å². The summed E-state index contributed by atoms with van der Waals surface area (Å²) in [6.07, 6.45) is 7.64. The van der Waals surface area contributed by atoms with Gasteiger partial charge in [0, 0.05) is 24.5 Å². The molecule has 0 unspecified atom stereocenters. The molecule has 1 aromatic heterocycles. The van der Waals surface area contributed by atoms with Gasteiger partial charge in [-0.05, 0) is 33.4 Å². The highest BCUT2D eigenvalue weighted by molar-refractivity contribution is 4.98. The highest BCUT2D eigenvalue weighted by Crippen LogP contribution is 2.35. The molecule has 1 aliphatic carbocycles. The van der Waals surface area contributed by atoms with Gasteiger partial charge in [0.2, 0.25) is 0 Å². The van der Waals surface area contributed by atoms with Crippen LogP contribution in [-0.2, 0) is 6.54 Å². The van der Waals surface area contributed by atoms with Crippen LogP contribution in [0.1, 0.15) is 25.1 Å². The van der Waals surface area contributed by atoms with E-state index in [9.17, 15) is 0 Å². The van der Waals surface area contributed by atoms with Gasteiger partial charge in [-0.15, -0.1) is 0 Å². The molecule has 84 valence electrons. The van der Waals surface area contributed by atoms with Crippen LogP contribution in [0.2, 0.25) is 0 Å². The summed E-state index contributed by atoms with van der Waals surface area (Å²) in [5.74, 6) is 1.02. The van der Waals surface area contributed by atoms with Gasteiger partial charge in [-0.1, -0.05) is 0 Å². The highest BCUT2D eigenvalue weighted by atomic mass is 15.2. The van der Waals surface area contributed by atoms with Crippen LogP contribution in [0.15, 0.2) is 12.4 Å². The maximum absolute atomic E-state index is 4.19. The second kappa shape index (κ2) is 4.33. The van der Waals surface area contributed by atoms with Gasteiger partial charge in [0.05, 0.1) is 6.54 Å². The van der Waals surface area contributed by atoms with Crippen molar-refractivity contribution in [3.63, 3.8) is 0 Å². The first-order valence-electron chi connectivity index (χ1n) is 5.59. The van der Waals surface area contributed by atoms with Crippen molar-refractivity contribution in [3.8, 4) is 0 Å². The summed E-state index contributed by atoms with van der Waals surface area (Å²) in [6.45, 7) is 1.89. The van der Waals surface area contributed by atoms with E-state index in [1.165, 1.54) is 19.3 Å². The van der Waals surface area contributed by atoms with E-state index in [1.807, 2.05) is 6.20 Å². The molecule has 0 radical (unpaired) electrons. The van der Waals surface area contributed by atoms with Crippen LogP contribution >= 0.6 is 0 Å². The Balaban J connectivity index is 1.77. The van der Waals surface area contributed by atoms with Crippen molar-refractivity contribution >= 4 is 0 Å². The fraction of sp³-hybridized carbons (Fsp3) is 0.727. The first-order chi connectivity index (χ1) is 7.23. The zero-order valence-electron chi connectivity index (χ0n) is 9.58. The first-order valence-corrected chi connectivity index (χ1v) is 5.59. The number of rotatable bonds is 5. The Morgan fingerprint density at radius 2 is 2.33 bits per heavy atom. The molecule has 1 fully saturated rings. The molecule has 15 heavy (non-hydrogen) atoms. The number of nitrogens with zero attached hydrogens (tertiary/aromatic N) is 2. The molecule has 0 atom stereocenters. The van der Waals surface area contributed by atoms with Crippen molar-refractivity contribution in [2.45, 2.75) is 31.3 Å². The largest absolute Gasteiger partial charge is 0.348 e. The predicted molar refractivity (Wildman–Crippen MR) is 60.6 cm³/mol. The van der Waals surface area contributed by atoms with Crippen LogP contribution in [0.5, 0.6) is 0 Å². The normalized spacial score (nSPS) is 19.1. The zero-order chi connectivity index (χ0) is 10.7. The highest BCUT2D eigenvalue weighted by Gasteiger charge is 2.38. The molecular formula is C11H20N4. The molecule has 2 N–H and O–H groups in total. The van der Waals surface area contributed by atoms with Crippen LogP contribution in [0, 0.1) is 0 Å². The molecule has 1 aromatic rings. The SMILES string of the molecule is CN(C)C1(CNCc2ncc[nH]2)CCC1. The Morgan fingerprint density at radius 3 is 2.80 bits per heavy atom. The van der Waals surface area contributed by atoms with Crippen LogP contribution in [0.4, 0.5) is 0 Å². The summed E-state index contributed by atoms with van der Waals surface area (Å²) < 4.78 is 0. The minimum absolute atomic E-state index is 0.395. The molecule has 4 nitrogen and oxygen atoms in total. The third-order valence-electron chi connectivity index (χ3n) is 3.53.